The Morgan fingerprint density at radius 3 is 0.557 bits per heavy atom. The molecule has 0 aliphatic carbocycles. The SMILES string of the molecule is CCCCCC[N+]1(C)CC[N+]2(CCCCCC)CC[N+](C)(CCCCCC)Cc3ccc(cc3)C[N+](C)(CCCCCC)CC[N+](CCCCCC)(CC[N+](C)(CCCCCC)Cc3ccc(cc3)C1)C[N+](C)(CCCCCC)Cc1ccc(cc1)C[N+](C)(CCCCCC)CC2. The van der Waals surface area contributed by atoms with Crippen LogP contribution in [0.5, 0.6) is 0 Å². The number of unbranched alkanes of at least 4 members (excludes halogenated alkanes) is 24. The molecule has 556 valence electrons. The summed E-state index contributed by atoms with van der Waals surface area (Å²) in [6, 6.07) is 31.6. The first-order valence-corrected chi connectivity index (χ1v) is 42.6. The van der Waals surface area contributed by atoms with Gasteiger partial charge in [-0.1, -0.05) is 231 Å². The van der Waals surface area contributed by atoms with Crippen molar-refractivity contribution >= 4 is 0 Å². The first kappa shape index (κ1) is 85.0. The molecule has 0 saturated carbocycles. The van der Waals surface area contributed by atoms with Gasteiger partial charge in [0.1, 0.15) is 105 Å². The summed E-state index contributed by atoms with van der Waals surface area (Å²) in [7, 11) is 16.3. The first-order chi connectivity index (χ1) is 46.7. The highest BCUT2D eigenvalue weighted by molar-refractivity contribution is 5.23. The summed E-state index contributed by atoms with van der Waals surface area (Å²) in [4.78, 5) is 0. The van der Waals surface area contributed by atoms with Gasteiger partial charge in [-0.25, -0.2) is 0 Å². The lowest BCUT2D eigenvalue weighted by Crippen LogP contribution is -2.66. The Hall–Kier alpha value is -2.66. The van der Waals surface area contributed by atoms with Crippen LogP contribution in [0.4, 0.5) is 0 Å². The van der Waals surface area contributed by atoms with Crippen LogP contribution in [-0.2, 0) is 39.3 Å². The van der Waals surface area contributed by atoms with E-state index in [2.05, 4.69) is 170 Å². The van der Waals surface area contributed by atoms with E-state index >= 15 is 0 Å². The van der Waals surface area contributed by atoms with Crippen LogP contribution in [0.3, 0.4) is 0 Å². The number of nitrogens with zero attached hydrogens (tertiary/aromatic N) is 8. The summed E-state index contributed by atoms with van der Waals surface area (Å²) in [6.07, 6.45) is 42.6. The highest BCUT2D eigenvalue weighted by Gasteiger charge is 2.43. The molecule has 3 aromatic rings. The average Bonchev–Trinajstić information content (AvgIpc) is 0.972. The van der Waals surface area contributed by atoms with Crippen LogP contribution in [0.25, 0.3) is 0 Å². The quantitative estimate of drug-likeness (QED) is 0.0393. The second kappa shape index (κ2) is 45.4. The molecule has 0 radical (unpaired) electrons. The Balaban J connectivity index is 1.88. The summed E-state index contributed by atoms with van der Waals surface area (Å²) in [5, 5.41) is 0. The van der Waals surface area contributed by atoms with Crippen molar-refractivity contribution in [3.05, 3.63) is 106 Å². The molecule has 8 aliphatic rings. The lowest BCUT2D eigenvalue weighted by Gasteiger charge is -2.48. The van der Waals surface area contributed by atoms with Gasteiger partial charge in [-0.3, -0.25) is 8.97 Å². The van der Waals surface area contributed by atoms with Gasteiger partial charge in [0, 0.05) is 33.4 Å². The van der Waals surface area contributed by atoms with Crippen molar-refractivity contribution in [3.8, 4) is 0 Å². The van der Waals surface area contributed by atoms with Crippen LogP contribution in [0.15, 0.2) is 72.8 Å². The van der Waals surface area contributed by atoms with Crippen LogP contribution in [0.2, 0.25) is 0 Å². The van der Waals surface area contributed by atoms with Gasteiger partial charge in [-0.15, -0.1) is 0 Å². The molecule has 8 heterocycles. The van der Waals surface area contributed by atoms with E-state index in [4.69, 9.17) is 0 Å². The topological polar surface area (TPSA) is 0 Å². The van der Waals surface area contributed by atoms with E-state index in [-0.39, 0.29) is 0 Å². The van der Waals surface area contributed by atoms with Crippen LogP contribution < -0.4 is 0 Å². The summed E-state index contributed by atoms with van der Waals surface area (Å²) in [5.41, 5.74) is 9.37. The van der Waals surface area contributed by atoms with E-state index in [1.54, 1.807) is 33.4 Å². The van der Waals surface area contributed by atoms with Gasteiger partial charge in [0.15, 0.2) is 0 Å². The number of rotatable bonds is 40. The fourth-order valence-corrected chi connectivity index (χ4v) is 17.9. The molecule has 8 bridgehead atoms. The second-order valence-electron chi connectivity index (χ2n) is 35.5. The molecule has 3 aromatic carbocycles. The Kier molecular flexibility index (Phi) is 39.8. The lowest BCUT2D eigenvalue weighted by atomic mass is 10.1. The molecule has 0 fully saturated rings. The van der Waals surface area contributed by atoms with Crippen LogP contribution in [0.1, 0.15) is 294 Å². The van der Waals surface area contributed by atoms with Gasteiger partial charge in [-0.05, 0) is 103 Å². The monoisotopic (exact) mass is 1350 g/mol. The van der Waals surface area contributed by atoms with E-state index in [1.807, 2.05) is 0 Å². The standard InChI is InChI=1S/C89H168N8/c1-15-23-31-39-59-90(9)67-72-96(65-45-37-29-21-7)73-68-91(10,60-40-32-24-16-2)78-85-49-53-87(54-50-85)81-94(13,63-43-35-27-19-5)71-76-97(66-46-38-30-22-8,75-70-93(12,62-42-34-26-18-4)80-86-51-47-84(77-90)48-52-86)83-95(14,64-44-36-28-20-6)82-89-57-55-88(56-58-89)79-92(11,69-74-96)61-41-33-25-17-3/h47-58H,15-46,59-83H2,1-14H3/q+8. The summed E-state index contributed by atoms with van der Waals surface area (Å²) in [6.45, 7) is 50.2. The number of likely N-dealkylation sites (N-methyl/N-ethyl adjacent to an activating group) is 5. The zero-order valence-electron chi connectivity index (χ0n) is 67.8. The Morgan fingerprint density at radius 1 is 0.186 bits per heavy atom. The molecule has 8 aliphatic heterocycles. The molecule has 6 atom stereocenters. The summed E-state index contributed by atoms with van der Waals surface area (Å²) >= 11 is 0. The van der Waals surface area contributed by atoms with Gasteiger partial charge in [0.25, 0.3) is 0 Å². The minimum Gasteiger partial charge on any atom is -0.318 e. The largest absolute Gasteiger partial charge is 0.318 e. The molecule has 0 N–H and O–H groups in total. The third kappa shape index (κ3) is 32.7. The maximum absolute atomic E-state index is 2.75. The predicted octanol–water partition coefficient (Wildman–Crippen LogP) is 21.0. The second-order valence-corrected chi connectivity index (χ2v) is 35.5. The van der Waals surface area contributed by atoms with Crippen molar-refractivity contribution in [2.45, 2.75) is 300 Å². The van der Waals surface area contributed by atoms with E-state index in [0.29, 0.717) is 0 Å². The minimum absolute atomic E-state index is 1.12. The number of quaternary nitrogens is 8. The number of hydrogen-bond acceptors (Lipinski definition) is 0. The van der Waals surface area contributed by atoms with E-state index in [0.717, 1.165) is 66.2 Å². The van der Waals surface area contributed by atoms with Crippen molar-refractivity contribution in [1.29, 1.82) is 0 Å². The smallest absolute Gasteiger partial charge is 0.207 e. The van der Waals surface area contributed by atoms with Crippen molar-refractivity contribution in [1.82, 2.24) is 0 Å². The van der Waals surface area contributed by atoms with Crippen molar-refractivity contribution in [2.75, 3.05) is 167 Å². The maximum atomic E-state index is 2.75. The molecular weight excluding hydrogens is 1180 g/mol. The molecule has 0 spiro atoms. The fraction of sp³-hybridized carbons (Fsp3) is 0.798. The first-order valence-electron chi connectivity index (χ1n) is 42.6. The van der Waals surface area contributed by atoms with Gasteiger partial charge < -0.3 is 26.9 Å². The number of benzene rings is 3. The lowest BCUT2D eigenvalue weighted by molar-refractivity contribution is -1.11. The van der Waals surface area contributed by atoms with Gasteiger partial charge in [0.05, 0.1) is 94.6 Å². The zero-order valence-corrected chi connectivity index (χ0v) is 67.8. The van der Waals surface area contributed by atoms with E-state index in [1.165, 1.54) is 339 Å². The Labute approximate surface area is 605 Å². The molecule has 8 heteroatoms. The van der Waals surface area contributed by atoms with Crippen molar-refractivity contribution in [2.24, 2.45) is 0 Å². The van der Waals surface area contributed by atoms with Crippen LogP contribution in [-0.4, -0.2) is 203 Å². The highest BCUT2D eigenvalue weighted by Crippen LogP contribution is 2.30. The Bertz CT molecular complexity index is 2360. The third-order valence-electron chi connectivity index (χ3n) is 24.9. The van der Waals surface area contributed by atoms with Crippen LogP contribution in [0, 0.1) is 0 Å². The predicted molar refractivity (Wildman–Crippen MR) is 425 cm³/mol. The molecule has 0 aromatic heterocycles. The molecule has 8 nitrogen and oxygen atoms in total. The van der Waals surface area contributed by atoms with Gasteiger partial charge >= 0.3 is 0 Å². The average molecular weight is 1350 g/mol. The maximum Gasteiger partial charge on any atom is 0.207 e. The van der Waals surface area contributed by atoms with Crippen molar-refractivity contribution in [3.63, 3.8) is 0 Å². The molecular formula is C89H168N8+8. The van der Waals surface area contributed by atoms with E-state index in [9.17, 15) is 0 Å². The van der Waals surface area contributed by atoms with Crippen LogP contribution >= 0.6 is 0 Å². The number of hydrogen-bond donors (Lipinski definition) is 0. The molecule has 0 saturated heterocycles. The minimum atomic E-state index is 1.12. The van der Waals surface area contributed by atoms with E-state index < -0.39 is 0 Å². The summed E-state index contributed by atoms with van der Waals surface area (Å²) in [5.74, 6) is 0. The molecule has 97 heavy (non-hydrogen) atoms. The normalized spacial score (nSPS) is 27.5. The Morgan fingerprint density at radius 2 is 0.351 bits per heavy atom. The third-order valence-corrected chi connectivity index (χ3v) is 24.9. The van der Waals surface area contributed by atoms with Gasteiger partial charge in [-0.2, -0.15) is 0 Å². The molecule has 0 amide bonds. The zero-order chi connectivity index (χ0) is 70.3. The molecule has 11 rings (SSSR count). The van der Waals surface area contributed by atoms with Crippen molar-refractivity contribution < 1.29 is 35.9 Å². The molecule has 6 unspecified atom stereocenters. The van der Waals surface area contributed by atoms with Gasteiger partial charge in [0.2, 0.25) is 6.67 Å². The fourth-order valence-electron chi connectivity index (χ4n) is 17.9. The highest BCUT2D eigenvalue weighted by atomic mass is 15.5. The summed E-state index contributed by atoms with van der Waals surface area (Å²) < 4.78 is 9.39.